The van der Waals surface area contributed by atoms with E-state index in [0.29, 0.717) is 28.0 Å². The fourth-order valence-electron chi connectivity index (χ4n) is 2.93. The van der Waals surface area contributed by atoms with Crippen LogP contribution in [-0.2, 0) is 0 Å². The van der Waals surface area contributed by atoms with Crippen LogP contribution in [0.3, 0.4) is 0 Å². The molecule has 0 unspecified atom stereocenters. The Bertz CT molecular complexity index is 1030. The fourth-order valence-corrected chi connectivity index (χ4v) is 3.56. The summed E-state index contributed by atoms with van der Waals surface area (Å²) in [6, 6.07) is 14.5. The maximum Gasteiger partial charge on any atom is 0.247 e. The number of hydrogen-bond donors (Lipinski definition) is 1. The summed E-state index contributed by atoms with van der Waals surface area (Å²) in [5.74, 6) is 1.64. The van der Waals surface area contributed by atoms with Gasteiger partial charge in [-0.25, -0.2) is 0 Å². The van der Waals surface area contributed by atoms with Crippen molar-refractivity contribution in [2.45, 2.75) is 24.7 Å². The standard InChI is InChI=1S/C21H20N4O3S/c1-3-12-29-21-23-19-17(24-25-21)15-6-4-5-7-16(15)22-20(28-19)18(26)13-8-10-14(27-2)11-9-13/h4-11,20,22H,3,12H2,1-2H3/t20-/m1/s1. The molecule has 0 saturated carbocycles. The molecular formula is C21H20N4O3S. The largest absolute Gasteiger partial charge is 0.497 e. The molecule has 8 heteroatoms. The number of nitrogens with zero attached hydrogens (tertiary/aromatic N) is 3. The molecule has 0 spiro atoms. The third kappa shape index (κ3) is 4.02. The fraction of sp³-hybridized carbons (Fsp3) is 0.238. The van der Waals surface area contributed by atoms with Crippen LogP contribution in [0.1, 0.15) is 23.7 Å². The van der Waals surface area contributed by atoms with Crippen LogP contribution in [0.15, 0.2) is 53.7 Å². The monoisotopic (exact) mass is 408 g/mol. The first-order valence-electron chi connectivity index (χ1n) is 9.28. The summed E-state index contributed by atoms with van der Waals surface area (Å²) in [5.41, 5.74) is 2.55. The predicted octanol–water partition coefficient (Wildman–Crippen LogP) is 4.06. The molecule has 148 valence electrons. The van der Waals surface area contributed by atoms with E-state index in [9.17, 15) is 4.79 Å². The summed E-state index contributed by atoms with van der Waals surface area (Å²) >= 11 is 1.51. The van der Waals surface area contributed by atoms with Gasteiger partial charge >= 0.3 is 0 Å². The molecule has 0 saturated heterocycles. The van der Waals surface area contributed by atoms with Crippen molar-refractivity contribution in [3.63, 3.8) is 0 Å². The molecule has 0 aliphatic carbocycles. The number of aromatic nitrogens is 3. The van der Waals surface area contributed by atoms with E-state index >= 15 is 0 Å². The van der Waals surface area contributed by atoms with Crippen LogP contribution < -0.4 is 14.8 Å². The number of thioether (sulfide) groups is 1. The zero-order valence-corrected chi connectivity index (χ0v) is 16.9. The number of rotatable bonds is 6. The highest BCUT2D eigenvalue weighted by molar-refractivity contribution is 7.99. The van der Waals surface area contributed by atoms with Crippen molar-refractivity contribution in [1.82, 2.24) is 15.2 Å². The third-order valence-electron chi connectivity index (χ3n) is 4.38. The number of carbonyl (C=O) groups excluding carboxylic acids is 1. The predicted molar refractivity (Wildman–Crippen MR) is 112 cm³/mol. The summed E-state index contributed by atoms with van der Waals surface area (Å²) in [5, 5.41) is 12.3. The lowest BCUT2D eigenvalue weighted by molar-refractivity contribution is 0.0823. The van der Waals surface area contributed by atoms with Crippen molar-refractivity contribution in [2.75, 3.05) is 18.2 Å². The Labute approximate surface area is 172 Å². The van der Waals surface area contributed by atoms with E-state index in [1.54, 1.807) is 31.4 Å². The number of benzene rings is 2. The van der Waals surface area contributed by atoms with Crippen LogP contribution in [0.2, 0.25) is 0 Å². The highest BCUT2D eigenvalue weighted by Gasteiger charge is 2.30. The molecule has 2 aromatic carbocycles. The van der Waals surface area contributed by atoms with Gasteiger partial charge in [0.1, 0.15) is 5.75 Å². The van der Waals surface area contributed by atoms with Crippen molar-refractivity contribution in [3.05, 3.63) is 54.1 Å². The van der Waals surface area contributed by atoms with Gasteiger partial charge in [0.2, 0.25) is 23.0 Å². The summed E-state index contributed by atoms with van der Waals surface area (Å²) in [6.07, 6.45) is 0.0566. The Kier molecular flexibility index (Phi) is 5.62. The number of fused-ring (bicyclic) bond motifs is 3. The van der Waals surface area contributed by atoms with Gasteiger partial charge in [-0.1, -0.05) is 36.9 Å². The van der Waals surface area contributed by atoms with E-state index in [1.165, 1.54) is 11.8 Å². The molecule has 0 fully saturated rings. The van der Waals surface area contributed by atoms with Gasteiger partial charge in [0.25, 0.3) is 0 Å². The van der Waals surface area contributed by atoms with Crippen molar-refractivity contribution in [1.29, 1.82) is 0 Å². The van der Waals surface area contributed by atoms with E-state index in [0.717, 1.165) is 23.4 Å². The van der Waals surface area contributed by atoms with Gasteiger partial charge in [-0.3, -0.25) is 4.79 Å². The number of anilines is 1. The van der Waals surface area contributed by atoms with Crippen molar-refractivity contribution < 1.29 is 14.3 Å². The van der Waals surface area contributed by atoms with Gasteiger partial charge in [0.15, 0.2) is 5.69 Å². The molecule has 1 aliphatic heterocycles. The van der Waals surface area contributed by atoms with Gasteiger partial charge in [0, 0.05) is 22.6 Å². The molecule has 1 N–H and O–H groups in total. The summed E-state index contributed by atoms with van der Waals surface area (Å²) in [6.45, 7) is 2.09. The van der Waals surface area contributed by atoms with Crippen LogP contribution in [-0.4, -0.2) is 40.1 Å². The van der Waals surface area contributed by atoms with Crippen LogP contribution in [0, 0.1) is 0 Å². The van der Waals surface area contributed by atoms with Gasteiger partial charge < -0.3 is 14.8 Å². The summed E-state index contributed by atoms with van der Waals surface area (Å²) in [7, 11) is 1.58. The Balaban J connectivity index is 1.71. The second-order valence-electron chi connectivity index (χ2n) is 6.38. The van der Waals surface area contributed by atoms with Crippen LogP contribution in [0.25, 0.3) is 11.3 Å². The molecule has 1 atom stereocenters. The molecule has 0 radical (unpaired) electrons. The number of nitrogens with one attached hydrogen (secondary N) is 1. The molecule has 2 heterocycles. The first-order valence-corrected chi connectivity index (χ1v) is 10.3. The first-order chi connectivity index (χ1) is 14.2. The Morgan fingerprint density at radius 2 is 1.97 bits per heavy atom. The van der Waals surface area contributed by atoms with Gasteiger partial charge in [-0.05, 0) is 36.8 Å². The van der Waals surface area contributed by atoms with E-state index in [-0.39, 0.29) is 5.78 Å². The smallest absolute Gasteiger partial charge is 0.247 e. The van der Waals surface area contributed by atoms with Gasteiger partial charge in [0.05, 0.1) is 7.11 Å². The van der Waals surface area contributed by atoms with Gasteiger partial charge in [-0.15, -0.1) is 10.2 Å². The summed E-state index contributed by atoms with van der Waals surface area (Å²) < 4.78 is 11.2. The number of methoxy groups -OCH3 is 1. The molecule has 4 rings (SSSR count). The molecule has 7 nitrogen and oxygen atoms in total. The quantitative estimate of drug-likeness (QED) is 0.483. The van der Waals surface area contributed by atoms with E-state index in [1.807, 2.05) is 24.3 Å². The van der Waals surface area contributed by atoms with Gasteiger partial charge in [-0.2, -0.15) is 4.98 Å². The molecule has 29 heavy (non-hydrogen) atoms. The lowest BCUT2D eigenvalue weighted by atomic mass is 10.1. The molecule has 0 amide bonds. The van der Waals surface area contributed by atoms with Crippen molar-refractivity contribution in [3.8, 4) is 22.9 Å². The number of hydrogen-bond acceptors (Lipinski definition) is 8. The lowest BCUT2D eigenvalue weighted by Gasteiger charge is -2.18. The molecular weight excluding hydrogens is 388 g/mol. The highest BCUT2D eigenvalue weighted by Crippen LogP contribution is 2.36. The van der Waals surface area contributed by atoms with Crippen LogP contribution in [0.4, 0.5) is 5.69 Å². The number of para-hydroxylation sites is 1. The zero-order chi connectivity index (χ0) is 20.2. The zero-order valence-electron chi connectivity index (χ0n) is 16.1. The van der Waals surface area contributed by atoms with E-state index in [2.05, 4.69) is 27.4 Å². The Morgan fingerprint density at radius 3 is 2.72 bits per heavy atom. The Morgan fingerprint density at radius 1 is 1.17 bits per heavy atom. The average Bonchev–Trinajstić information content (AvgIpc) is 2.93. The summed E-state index contributed by atoms with van der Waals surface area (Å²) in [4.78, 5) is 17.6. The minimum Gasteiger partial charge on any atom is -0.497 e. The second kappa shape index (κ2) is 8.48. The van der Waals surface area contributed by atoms with E-state index in [4.69, 9.17) is 9.47 Å². The highest BCUT2D eigenvalue weighted by atomic mass is 32.2. The second-order valence-corrected chi connectivity index (χ2v) is 7.44. The SMILES string of the molecule is CCCSc1nnc2c(n1)O[C@H](C(=O)c1ccc(OC)cc1)Nc1ccccc1-2. The minimum atomic E-state index is -0.938. The van der Waals surface area contributed by atoms with Crippen molar-refractivity contribution >= 4 is 23.2 Å². The third-order valence-corrected chi connectivity index (χ3v) is 5.43. The Hall–Kier alpha value is -3.13. The average molecular weight is 408 g/mol. The maximum absolute atomic E-state index is 13.1. The number of Topliss-reactive ketones (excluding diaryl/α,β-unsaturated/α-hetero) is 1. The minimum absolute atomic E-state index is 0.211. The molecule has 1 aromatic heterocycles. The number of carbonyl (C=O) groups is 1. The molecule has 1 aliphatic rings. The van der Waals surface area contributed by atoms with Crippen molar-refractivity contribution in [2.24, 2.45) is 0 Å². The van der Waals surface area contributed by atoms with Crippen LogP contribution >= 0.6 is 11.8 Å². The normalized spacial score (nSPS) is 14.6. The number of ether oxygens (including phenoxy) is 2. The topological polar surface area (TPSA) is 86.2 Å². The number of ketones is 1. The van der Waals surface area contributed by atoms with Crippen LogP contribution in [0.5, 0.6) is 11.6 Å². The molecule has 3 aromatic rings. The molecule has 0 bridgehead atoms. The van der Waals surface area contributed by atoms with E-state index < -0.39 is 6.23 Å². The lowest BCUT2D eigenvalue weighted by Crippen LogP contribution is -2.35. The first kappa shape index (κ1) is 19.2. The maximum atomic E-state index is 13.1.